The SMILES string of the molecule is CCN(CC)CCNc1ccc(N=C2C=C(OCCO)C(=N)CC2=N)cc1. The Morgan fingerprint density at radius 3 is 2.48 bits per heavy atom. The smallest absolute Gasteiger partial charge is 0.142 e. The van der Waals surface area contributed by atoms with E-state index >= 15 is 0 Å². The molecule has 146 valence electrons. The van der Waals surface area contributed by atoms with Crippen LogP contribution in [0.2, 0.25) is 0 Å². The summed E-state index contributed by atoms with van der Waals surface area (Å²) in [5.74, 6) is 0.369. The van der Waals surface area contributed by atoms with Crippen LogP contribution < -0.4 is 5.32 Å². The number of nitrogens with zero attached hydrogens (tertiary/aromatic N) is 2. The van der Waals surface area contributed by atoms with Gasteiger partial charge in [-0.3, -0.25) is 0 Å². The second kappa shape index (κ2) is 10.6. The van der Waals surface area contributed by atoms with Crippen molar-refractivity contribution in [2.24, 2.45) is 4.99 Å². The molecule has 7 heteroatoms. The van der Waals surface area contributed by atoms with E-state index in [-0.39, 0.29) is 31.1 Å². The molecule has 1 aromatic rings. The van der Waals surface area contributed by atoms with Gasteiger partial charge in [0.05, 0.1) is 29.4 Å². The molecular formula is C20H29N5O2. The molecule has 4 N–H and O–H groups in total. The molecule has 0 aromatic heterocycles. The van der Waals surface area contributed by atoms with Gasteiger partial charge in [0.2, 0.25) is 0 Å². The van der Waals surface area contributed by atoms with Crippen molar-refractivity contribution < 1.29 is 9.84 Å². The van der Waals surface area contributed by atoms with Crippen LogP contribution in [0, 0.1) is 10.8 Å². The molecule has 0 heterocycles. The first kappa shape index (κ1) is 20.8. The quantitative estimate of drug-likeness (QED) is 0.507. The average molecular weight is 371 g/mol. The highest BCUT2D eigenvalue weighted by Gasteiger charge is 2.20. The van der Waals surface area contributed by atoms with E-state index < -0.39 is 0 Å². The number of anilines is 1. The fraction of sp³-hybridized carbons (Fsp3) is 0.450. The topological polar surface area (TPSA) is 105 Å². The van der Waals surface area contributed by atoms with Crippen molar-refractivity contribution in [3.05, 3.63) is 36.1 Å². The van der Waals surface area contributed by atoms with Crippen LogP contribution in [0.3, 0.4) is 0 Å². The van der Waals surface area contributed by atoms with Gasteiger partial charge in [-0.25, -0.2) is 4.99 Å². The van der Waals surface area contributed by atoms with Crippen molar-refractivity contribution in [3.63, 3.8) is 0 Å². The fourth-order valence-electron chi connectivity index (χ4n) is 2.73. The number of benzene rings is 1. The molecule has 0 unspecified atom stereocenters. The van der Waals surface area contributed by atoms with E-state index in [1.165, 1.54) is 0 Å². The fourth-order valence-corrected chi connectivity index (χ4v) is 2.73. The van der Waals surface area contributed by atoms with E-state index in [0.29, 0.717) is 11.5 Å². The number of rotatable bonds is 10. The molecule has 0 saturated heterocycles. The molecule has 0 amide bonds. The third-order valence-corrected chi connectivity index (χ3v) is 4.35. The number of ether oxygens (including phenoxy) is 1. The first-order chi connectivity index (χ1) is 13.1. The van der Waals surface area contributed by atoms with Gasteiger partial charge in [-0.1, -0.05) is 13.8 Å². The Hall–Kier alpha value is -2.51. The summed E-state index contributed by atoms with van der Waals surface area (Å²) in [6.07, 6.45) is 1.78. The van der Waals surface area contributed by atoms with Crippen molar-refractivity contribution in [1.29, 1.82) is 10.8 Å². The lowest BCUT2D eigenvalue weighted by Gasteiger charge is -2.18. The molecule has 1 aliphatic carbocycles. The van der Waals surface area contributed by atoms with E-state index in [2.05, 4.69) is 29.1 Å². The largest absolute Gasteiger partial charge is 0.489 e. The lowest BCUT2D eigenvalue weighted by atomic mass is 10.00. The van der Waals surface area contributed by atoms with Crippen molar-refractivity contribution in [2.45, 2.75) is 20.3 Å². The van der Waals surface area contributed by atoms with Gasteiger partial charge in [0.25, 0.3) is 0 Å². The minimum atomic E-state index is -0.114. The van der Waals surface area contributed by atoms with Crippen molar-refractivity contribution >= 4 is 28.5 Å². The Labute approximate surface area is 160 Å². The Morgan fingerprint density at radius 1 is 1.15 bits per heavy atom. The van der Waals surface area contributed by atoms with Crippen LogP contribution in [0.25, 0.3) is 0 Å². The highest BCUT2D eigenvalue weighted by atomic mass is 16.5. The lowest BCUT2D eigenvalue weighted by Crippen LogP contribution is -2.28. The molecule has 2 rings (SSSR count). The van der Waals surface area contributed by atoms with Gasteiger partial charge in [0.15, 0.2) is 0 Å². The first-order valence-corrected chi connectivity index (χ1v) is 9.33. The van der Waals surface area contributed by atoms with Gasteiger partial charge in [0.1, 0.15) is 12.4 Å². The van der Waals surface area contributed by atoms with E-state index in [1.807, 2.05) is 24.3 Å². The summed E-state index contributed by atoms with van der Waals surface area (Å²) in [4.78, 5) is 6.87. The van der Waals surface area contributed by atoms with Crippen molar-refractivity contribution in [3.8, 4) is 0 Å². The molecule has 0 radical (unpaired) electrons. The predicted octanol–water partition coefficient (Wildman–Crippen LogP) is 2.85. The normalized spacial score (nSPS) is 16.0. The van der Waals surface area contributed by atoms with Gasteiger partial charge < -0.3 is 30.9 Å². The van der Waals surface area contributed by atoms with Crippen LogP contribution in [0.5, 0.6) is 0 Å². The zero-order valence-corrected chi connectivity index (χ0v) is 16.1. The van der Waals surface area contributed by atoms with E-state index in [1.54, 1.807) is 6.08 Å². The molecule has 0 aliphatic heterocycles. The predicted molar refractivity (Wildman–Crippen MR) is 111 cm³/mol. The summed E-state index contributed by atoms with van der Waals surface area (Å²) in [5.41, 5.74) is 2.79. The van der Waals surface area contributed by atoms with Crippen LogP contribution in [0.1, 0.15) is 20.3 Å². The first-order valence-electron chi connectivity index (χ1n) is 9.33. The van der Waals surface area contributed by atoms with Gasteiger partial charge in [-0.15, -0.1) is 0 Å². The number of aliphatic hydroxyl groups excluding tert-OH is 1. The monoisotopic (exact) mass is 371 g/mol. The zero-order valence-electron chi connectivity index (χ0n) is 16.1. The van der Waals surface area contributed by atoms with Crippen LogP contribution >= 0.6 is 0 Å². The summed E-state index contributed by atoms with van der Waals surface area (Å²) in [6.45, 7) is 8.33. The number of hydrogen-bond donors (Lipinski definition) is 4. The molecule has 0 saturated carbocycles. The summed E-state index contributed by atoms with van der Waals surface area (Å²) < 4.78 is 5.36. The summed E-state index contributed by atoms with van der Waals surface area (Å²) >= 11 is 0. The summed E-state index contributed by atoms with van der Waals surface area (Å²) in [7, 11) is 0. The van der Waals surface area contributed by atoms with Gasteiger partial charge in [-0.05, 0) is 37.4 Å². The van der Waals surface area contributed by atoms with Crippen LogP contribution in [0.4, 0.5) is 11.4 Å². The van der Waals surface area contributed by atoms with Crippen LogP contribution in [0.15, 0.2) is 41.1 Å². The number of likely N-dealkylation sites (N-methyl/N-ethyl adjacent to an activating group) is 1. The molecule has 1 aromatic carbocycles. The van der Waals surface area contributed by atoms with Crippen LogP contribution in [-0.2, 0) is 4.74 Å². The Balaban J connectivity index is 2.02. The maximum absolute atomic E-state index is 8.88. The number of aliphatic hydroxyl groups is 1. The van der Waals surface area contributed by atoms with Crippen molar-refractivity contribution in [1.82, 2.24) is 4.90 Å². The molecule has 27 heavy (non-hydrogen) atoms. The standard InChI is InChI=1S/C20H29N5O2/c1-3-25(4-2)10-9-23-15-5-7-16(8-6-15)24-19-14-20(27-12-11-26)18(22)13-17(19)21/h5-8,14,21-23,26H,3-4,9-13H2,1-2H3. The Morgan fingerprint density at radius 2 is 1.85 bits per heavy atom. The maximum atomic E-state index is 8.88. The second-order valence-corrected chi connectivity index (χ2v) is 6.21. The number of hydrogen-bond acceptors (Lipinski definition) is 7. The van der Waals surface area contributed by atoms with Gasteiger partial charge >= 0.3 is 0 Å². The van der Waals surface area contributed by atoms with E-state index in [4.69, 9.17) is 20.7 Å². The molecular weight excluding hydrogens is 342 g/mol. The highest BCUT2D eigenvalue weighted by molar-refractivity contribution is 6.51. The maximum Gasteiger partial charge on any atom is 0.142 e. The third kappa shape index (κ3) is 6.30. The van der Waals surface area contributed by atoms with Crippen LogP contribution in [-0.4, -0.2) is 66.5 Å². The molecule has 0 fully saturated rings. The molecule has 0 bridgehead atoms. The van der Waals surface area contributed by atoms with E-state index in [9.17, 15) is 0 Å². The van der Waals surface area contributed by atoms with Crippen molar-refractivity contribution in [2.75, 3.05) is 44.7 Å². The summed E-state index contributed by atoms with van der Waals surface area (Å²) in [5, 5.41) is 28.2. The second-order valence-electron chi connectivity index (χ2n) is 6.21. The van der Waals surface area contributed by atoms with E-state index in [0.717, 1.165) is 37.6 Å². The molecule has 1 aliphatic rings. The molecule has 0 spiro atoms. The van der Waals surface area contributed by atoms with Gasteiger partial charge in [0, 0.05) is 31.3 Å². The lowest BCUT2D eigenvalue weighted by molar-refractivity contribution is 0.155. The molecule has 0 atom stereocenters. The third-order valence-electron chi connectivity index (χ3n) is 4.35. The Kier molecular flexibility index (Phi) is 8.16. The van der Waals surface area contributed by atoms with Gasteiger partial charge in [-0.2, -0.15) is 0 Å². The molecule has 7 nitrogen and oxygen atoms in total. The summed E-state index contributed by atoms with van der Waals surface area (Å²) in [6, 6.07) is 7.76. The number of aliphatic imine (C=N–C) groups is 1. The highest BCUT2D eigenvalue weighted by Crippen LogP contribution is 2.19. The number of nitrogens with one attached hydrogen (secondary N) is 3. The Bertz CT molecular complexity index is 706. The minimum absolute atomic E-state index is 0.114. The minimum Gasteiger partial charge on any atom is -0.489 e. The average Bonchev–Trinajstić information content (AvgIpc) is 2.67. The zero-order chi connectivity index (χ0) is 19.6. The number of allylic oxidation sites excluding steroid dienone is 2.